The highest BCUT2D eigenvalue weighted by Crippen LogP contribution is 2.21. The number of para-hydroxylation sites is 2. The van der Waals surface area contributed by atoms with Crippen molar-refractivity contribution in [2.45, 2.75) is 12.8 Å². The zero-order chi connectivity index (χ0) is 24.4. The molecule has 0 bridgehead atoms. The zero-order valence-corrected chi connectivity index (χ0v) is 18.9. The van der Waals surface area contributed by atoms with Gasteiger partial charge >= 0.3 is 5.69 Å². The van der Waals surface area contributed by atoms with Crippen molar-refractivity contribution >= 4 is 28.4 Å². The van der Waals surface area contributed by atoms with Gasteiger partial charge in [0, 0.05) is 24.3 Å². The SMILES string of the molecule is O=C(Nc1ccccc1)[C@H]1CCCN(C(=O)c2ccc3c(=O)n(-c4ccccc4)c(=O)[nH]c3c2)C1. The fourth-order valence-corrected chi connectivity index (χ4v) is 4.49. The molecule has 1 atom stereocenters. The summed E-state index contributed by atoms with van der Waals surface area (Å²) < 4.78 is 1.07. The van der Waals surface area contributed by atoms with E-state index in [0.29, 0.717) is 48.1 Å². The van der Waals surface area contributed by atoms with Crippen molar-refractivity contribution in [2.24, 2.45) is 5.92 Å². The number of anilines is 1. The molecule has 35 heavy (non-hydrogen) atoms. The van der Waals surface area contributed by atoms with Gasteiger partial charge in [0.25, 0.3) is 11.5 Å². The van der Waals surface area contributed by atoms with Gasteiger partial charge in [-0.05, 0) is 55.3 Å². The Hall–Kier alpha value is -4.46. The van der Waals surface area contributed by atoms with Crippen LogP contribution in [0, 0.1) is 5.92 Å². The summed E-state index contributed by atoms with van der Waals surface area (Å²) in [6.07, 6.45) is 1.41. The van der Waals surface area contributed by atoms with Gasteiger partial charge in [0.05, 0.1) is 22.5 Å². The number of carbonyl (C=O) groups excluding carboxylic acids is 2. The molecule has 2 N–H and O–H groups in total. The summed E-state index contributed by atoms with van der Waals surface area (Å²) in [5, 5.41) is 3.22. The lowest BCUT2D eigenvalue weighted by Crippen LogP contribution is -2.43. The van der Waals surface area contributed by atoms with E-state index in [1.165, 1.54) is 6.07 Å². The topological polar surface area (TPSA) is 104 Å². The predicted octanol–water partition coefficient (Wildman–Crippen LogP) is 3.17. The molecular formula is C27H24N4O4. The van der Waals surface area contributed by atoms with Crippen LogP contribution in [-0.2, 0) is 4.79 Å². The zero-order valence-electron chi connectivity index (χ0n) is 18.9. The van der Waals surface area contributed by atoms with E-state index in [-0.39, 0.29) is 17.7 Å². The van der Waals surface area contributed by atoms with E-state index in [0.717, 1.165) is 10.3 Å². The molecule has 8 nitrogen and oxygen atoms in total. The first-order valence-corrected chi connectivity index (χ1v) is 11.5. The number of hydrogen-bond donors (Lipinski definition) is 2. The number of carbonyl (C=O) groups is 2. The van der Waals surface area contributed by atoms with Crippen LogP contribution in [0.3, 0.4) is 0 Å². The second-order valence-electron chi connectivity index (χ2n) is 8.61. The minimum absolute atomic E-state index is 0.113. The van der Waals surface area contributed by atoms with Crippen LogP contribution in [-0.4, -0.2) is 39.4 Å². The van der Waals surface area contributed by atoms with Crippen LogP contribution in [0.5, 0.6) is 0 Å². The number of piperidine rings is 1. The fourth-order valence-electron chi connectivity index (χ4n) is 4.49. The summed E-state index contributed by atoms with van der Waals surface area (Å²) in [6, 6.07) is 22.6. The third-order valence-electron chi connectivity index (χ3n) is 6.28. The van der Waals surface area contributed by atoms with Crippen molar-refractivity contribution in [1.29, 1.82) is 0 Å². The molecule has 0 spiro atoms. The number of aromatic nitrogens is 2. The van der Waals surface area contributed by atoms with Crippen LogP contribution in [0.2, 0.25) is 0 Å². The molecule has 2 amide bonds. The Morgan fingerprint density at radius 3 is 2.37 bits per heavy atom. The summed E-state index contributed by atoms with van der Waals surface area (Å²) in [5.41, 5.74) is 0.815. The minimum Gasteiger partial charge on any atom is -0.338 e. The summed E-state index contributed by atoms with van der Waals surface area (Å²) in [6.45, 7) is 0.847. The maximum atomic E-state index is 13.2. The molecule has 4 aromatic rings. The van der Waals surface area contributed by atoms with Gasteiger partial charge in [-0.1, -0.05) is 36.4 Å². The first kappa shape index (κ1) is 22.3. The van der Waals surface area contributed by atoms with Crippen molar-refractivity contribution in [2.75, 3.05) is 18.4 Å². The molecule has 2 heterocycles. The third-order valence-corrected chi connectivity index (χ3v) is 6.28. The molecule has 1 aromatic heterocycles. The second kappa shape index (κ2) is 9.42. The molecule has 0 unspecified atom stereocenters. The lowest BCUT2D eigenvalue weighted by molar-refractivity contribution is -0.121. The summed E-state index contributed by atoms with van der Waals surface area (Å²) in [7, 11) is 0. The number of hydrogen-bond acceptors (Lipinski definition) is 4. The Morgan fingerprint density at radius 1 is 0.914 bits per heavy atom. The highest BCUT2D eigenvalue weighted by Gasteiger charge is 2.29. The maximum absolute atomic E-state index is 13.2. The number of rotatable bonds is 4. The number of likely N-dealkylation sites (tertiary alicyclic amines) is 1. The number of fused-ring (bicyclic) bond motifs is 1. The highest BCUT2D eigenvalue weighted by molar-refractivity contribution is 5.98. The average Bonchev–Trinajstić information content (AvgIpc) is 2.89. The molecule has 0 aliphatic carbocycles. The van der Waals surface area contributed by atoms with Gasteiger partial charge in [-0.2, -0.15) is 0 Å². The molecule has 1 aliphatic heterocycles. The largest absolute Gasteiger partial charge is 0.338 e. The lowest BCUT2D eigenvalue weighted by atomic mass is 9.96. The number of nitrogens with zero attached hydrogens (tertiary/aromatic N) is 2. The lowest BCUT2D eigenvalue weighted by Gasteiger charge is -2.32. The Labute approximate surface area is 200 Å². The smallest absolute Gasteiger partial charge is 0.333 e. The average molecular weight is 469 g/mol. The van der Waals surface area contributed by atoms with Gasteiger partial charge < -0.3 is 15.2 Å². The van der Waals surface area contributed by atoms with E-state index < -0.39 is 11.2 Å². The van der Waals surface area contributed by atoms with Crippen molar-refractivity contribution in [3.63, 3.8) is 0 Å². The molecule has 1 aliphatic rings. The first-order chi connectivity index (χ1) is 17.0. The molecule has 8 heteroatoms. The first-order valence-electron chi connectivity index (χ1n) is 11.5. The van der Waals surface area contributed by atoms with Crippen LogP contribution in [0.1, 0.15) is 23.2 Å². The molecule has 176 valence electrons. The Balaban J connectivity index is 1.38. The fraction of sp³-hybridized carbons (Fsp3) is 0.185. The number of H-pyrrole nitrogens is 1. The molecule has 3 aromatic carbocycles. The number of amides is 2. The van der Waals surface area contributed by atoms with Crippen molar-refractivity contribution in [3.05, 3.63) is 105 Å². The van der Waals surface area contributed by atoms with Crippen LogP contribution >= 0.6 is 0 Å². The van der Waals surface area contributed by atoms with E-state index in [4.69, 9.17) is 0 Å². The Morgan fingerprint density at radius 2 is 1.63 bits per heavy atom. The van der Waals surface area contributed by atoms with E-state index >= 15 is 0 Å². The van der Waals surface area contributed by atoms with Crippen molar-refractivity contribution < 1.29 is 9.59 Å². The quantitative estimate of drug-likeness (QED) is 0.480. The van der Waals surface area contributed by atoms with E-state index in [2.05, 4.69) is 10.3 Å². The van der Waals surface area contributed by atoms with Crippen molar-refractivity contribution in [1.82, 2.24) is 14.5 Å². The molecule has 0 radical (unpaired) electrons. The van der Waals surface area contributed by atoms with Gasteiger partial charge in [-0.15, -0.1) is 0 Å². The predicted molar refractivity (Wildman–Crippen MR) is 134 cm³/mol. The monoisotopic (exact) mass is 468 g/mol. The Kier molecular flexibility index (Phi) is 6.01. The standard InChI is InChI=1S/C27H24N4O4/c32-24(28-20-9-3-1-4-10-20)19-8-7-15-30(17-19)25(33)18-13-14-22-23(16-18)29-27(35)31(26(22)34)21-11-5-2-6-12-21/h1-6,9-14,16,19H,7-8,15,17H2,(H,28,32)(H,29,35)/t19-/m0/s1. The molecule has 0 saturated carbocycles. The van der Waals surface area contributed by atoms with Gasteiger partial charge in [0.15, 0.2) is 0 Å². The maximum Gasteiger partial charge on any atom is 0.333 e. The van der Waals surface area contributed by atoms with E-state index in [1.807, 2.05) is 30.3 Å². The second-order valence-corrected chi connectivity index (χ2v) is 8.61. The summed E-state index contributed by atoms with van der Waals surface area (Å²) in [5.74, 6) is -0.665. The number of benzene rings is 3. The summed E-state index contributed by atoms with van der Waals surface area (Å²) in [4.78, 5) is 56.0. The normalized spacial score (nSPS) is 15.7. The Bertz CT molecular complexity index is 1510. The van der Waals surface area contributed by atoms with E-state index in [9.17, 15) is 19.2 Å². The molecular weight excluding hydrogens is 444 g/mol. The van der Waals surface area contributed by atoms with Gasteiger partial charge in [0.1, 0.15) is 0 Å². The van der Waals surface area contributed by atoms with Gasteiger partial charge in [-0.25, -0.2) is 9.36 Å². The number of aromatic amines is 1. The van der Waals surface area contributed by atoms with Gasteiger partial charge in [0.2, 0.25) is 5.91 Å². The number of nitrogens with one attached hydrogen (secondary N) is 2. The van der Waals surface area contributed by atoms with Crippen LogP contribution in [0.15, 0.2) is 88.5 Å². The molecule has 1 saturated heterocycles. The highest BCUT2D eigenvalue weighted by atomic mass is 16.2. The third kappa shape index (κ3) is 4.50. The van der Waals surface area contributed by atoms with Gasteiger partial charge in [-0.3, -0.25) is 14.4 Å². The minimum atomic E-state index is -0.575. The van der Waals surface area contributed by atoms with Crippen LogP contribution in [0.25, 0.3) is 16.6 Å². The molecule has 1 fully saturated rings. The van der Waals surface area contributed by atoms with Crippen molar-refractivity contribution in [3.8, 4) is 5.69 Å². The molecule has 5 rings (SSSR count). The van der Waals surface area contributed by atoms with E-state index in [1.54, 1.807) is 47.4 Å². The van der Waals surface area contributed by atoms with Crippen LogP contribution < -0.4 is 16.6 Å². The van der Waals surface area contributed by atoms with Crippen LogP contribution in [0.4, 0.5) is 5.69 Å². The summed E-state index contributed by atoms with van der Waals surface area (Å²) >= 11 is 0.